The van der Waals surface area contributed by atoms with Crippen molar-refractivity contribution in [2.45, 2.75) is 122 Å². The van der Waals surface area contributed by atoms with Crippen LogP contribution in [0, 0.1) is 11.3 Å². The summed E-state index contributed by atoms with van der Waals surface area (Å²) >= 11 is 0. The first-order chi connectivity index (χ1) is 23.2. The number of hydrogen-bond donors (Lipinski definition) is 1. The topological polar surface area (TPSA) is 72.9 Å². The second kappa shape index (κ2) is 23.8. The lowest BCUT2D eigenvalue weighted by Crippen LogP contribution is -2.35. The van der Waals surface area contributed by atoms with Crippen LogP contribution in [0.15, 0.2) is 63.9 Å². The van der Waals surface area contributed by atoms with Crippen molar-refractivity contribution in [3.05, 3.63) is 59.7 Å². The van der Waals surface area contributed by atoms with Crippen molar-refractivity contribution in [3.63, 3.8) is 0 Å². The fraction of sp³-hybridized carbons (Fsp3) is 0.622. The zero-order valence-corrected chi connectivity index (χ0v) is 29.6. The highest BCUT2D eigenvalue weighted by atomic mass is 19.4. The molecule has 0 unspecified atom stereocenters. The molecule has 0 radical (unpaired) electrons. The average molecular weight is 698 g/mol. The van der Waals surface area contributed by atoms with Crippen LogP contribution in [-0.2, 0) is 12.4 Å². The second-order valence-corrected chi connectivity index (χ2v) is 13.3. The Bertz CT molecular complexity index is 1240. The molecule has 0 fully saturated rings. The fourth-order valence-electron chi connectivity index (χ4n) is 4.88. The molecule has 0 aliphatic heterocycles. The summed E-state index contributed by atoms with van der Waals surface area (Å²) in [5.41, 5.74) is 0.849. The lowest BCUT2D eigenvalue weighted by molar-refractivity contribution is -0.870. The zero-order valence-electron chi connectivity index (χ0n) is 29.6. The molecule has 0 aliphatic rings. The summed E-state index contributed by atoms with van der Waals surface area (Å²) in [7, 11) is 6.89. The Balaban J connectivity index is 0.000000502. The van der Waals surface area contributed by atoms with Gasteiger partial charge < -0.3 is 4.48 Å². The third-order valence-corrected chi connectivity index (χ3v) is 7.74. The van der Waals surface area contributed by atoms with Gasteiger partial charge >= 0.3 is 12.4 Å². The Hall–Kier alpha value is -3.46. The highest BCUT2D eigenvalue weighted by Crippen LogP contribution is 2.31. The van der Waals surface area contributed by atoms with Gasteiger partial charge in [-0.15, -0.1) is 15.3 Å². The van der Waals surface area contributed by atoms with Gasteiger partial charge in [0.25, 0.3) is 5.84 Å². The number of anilines is 1. The molecule has 0 amide bonds. The molecule has 49 heavy (non-hydrogen) atoms. The number of quaternary nitrogens is 1. The van der Waals surface area contributed by atoms with Crippen LogP contribution in [0.3, 0.4) is 0 Å². The summed E-state index contributed by atoms with van der Waals surface area (Å²) in [5.74, 6) is -0.477. The fourth-order valence-corrected chi connectivity index (χ4v) is 4.88. The number of halogens is 6. The number of hydrazone groups is 1. The molecule has 2 aromatic rings. The third-order valence-electron chi connectivity index (χ3n) is 7.74. The standard InChI is InChI=1S/C21H46N.C16H9F6N5/c1-5-6-7-8-9-10-11-12-13-14-15-16-17-18-19-20-21-22(2,3)4;17-15(18,19)10-1-5-12(6-2-10)24-26-14(9-23)27-25-13-7-3-11(4-8-13)16(20,21)22/h5-21H2,1-4H3;1-8,24H/q+1;/b;26-14+,27-25?. The highest BCUT2D eigenvalue weighted by molar-refractivity contribution is 5.97. The van der Waals surface area contributed by atoms with E-state index in [0.717, 1.165) is 53.0 Å². The number of nitriles is 1. The van der Waals surface area contributed by atoms with Gasteiger partial charge in [0.1, 0.15) is 6.07 Å². The first-order valence-electron chi connectivity index (χ1n) is 17.5. The number of benzene rings is 2. The Morgan fingerprint density at radius 3 is 1.39 bits per heavy atom. The molecule has 1 N–H and O–H groups in total. The van der Waals surface area contributed by atoms with Gasteiger partial charge in [-0.2, -0.15) is 31.6 Å². The van der Waals surface area contributed by atoms with Crippen LogP contribution < -0.4 is 5.43 Å². The summed E-state index contributed by atoms with van der Waals surface area (Å²) in [6.07, 6.45) is 14.4. The molecular weight excluding hydrogens is 642 g/mol. The van der Waals surface area contributed by atoms with Gasteiger partial charge in [-0.25, -0.2) is 0 Å². The van der Waals surface area contributed by atoms with Gasteiger partial charge in [0, 0.05) is 0 Å². The number of unbranched alkanes of at least 4 members (excludes halogenated alkanes) is 15. The molecule has 12 heteroatoms. The average Bonchev–Trinajstić information content (AvgIpc) is 3.04. The number of nitrogens with one attached hydrogen (secondary N) is 1. The number of rotatable bonds is 20. The lowest BCUT2D eigenvalue weighted by Gasteiger charge is -2.23. The van der Waals surface area contributed by atoms with Crippen LogP contribution in [0.1, 0.15) is 121 Å². The Labute approximate surface area is 289 Å². The van der Waals surface area contributed by atoms with Gasteiger partial charge in [0.15, 0.2) is 0 Å². The molecule has 0 atom stereocenters. The van der Waals surface area contributed by atoms with E-state index in [1.807, 2.05) is 0 Å². The molecule has 0 spiro atoms. The van der Waals surface area contributed by atoms with E-state index in [-0.39, 0.29) is 11.4 Å². The second-order valence-electron chi connectivity index (χ2n) is 13.3. The minimum absolute atomic E-state index is 0.0560. The van der Waals surface area contributed by atoms with Crippen LogP contribution in [0.5, 0.6) is 0 Å². The first-order valence-corrected chi connectivity index (χ1v) is 17.5. The maximum atomic E-state index is 12.5. The van der Waals surface area contributed by atoms with E-state index in [0.29, 0.717) is 0 Å². The van der Waals surface area contributed by atoms with Crippen molar-refractivity contribution in [1.82, 2.24) is 0 Å². The van der Waals surface area contributed by atoms with Gasteiger partial charge in [-0.1, -0.05) is 96.8 Å². The Morgan fingerprint density at radius 2 is 1.02 bits per heavy atom. The monoisotopic (exact) mass is 697 g/mol. The van der Waals surface area contributed by atoms with Crippen molar-refractivity contribution in [2.24, 2.45) is 15.3 Å². The molecule has 0 bridgehead atoms. The van der Waals surface area contributed by atoms with Crippen LogP contribution in [0.2, 0.25) is 0 Å². The predicted octanol–water partition coefficient (Wildman–Crippen LogP) is 12.7. The van der Waals surface area contributed by atoms with Gasteiger partial charge in [0.05, 0.1) is 50.2 Å². The van der Waals surface area contributed by atoms with Crippen molar-refractivity contribution in [3.8, 4) is 6.07 Å². The molecule has 0 saturated heterocycles. The molecular formula is C37H55F6N6+. The van der Waals surface area contributed by atoms with E-state index in [2.05, 4.69) is 48.8 Å². The summed E-state index contributed by atoms with van der Waals surface area (Å²) in [6.45, 7) is 3.63. The van der Waals surface area contributed by atoms with Gasteiger partial charge in [-0.3, -0.25) is 5.43 Å². The van der Waals surface area contributed by atoms with Gasteiger partial charge in [-0.05, 0) is 61.4 Å². The highest BCUT2D eigenvalue weighted by Gasteiger charge is 2.30. The van der Waals surface area contributed by atoms with E-state index in [9.17, 15) is 26.3 Å². The van der Waals surface area contributed by atoms with Gasteiger partial charge in [0.2, 0.25) is 0 Å². The van der Waals surface area contributed by atoms with Crippen molar-refractivity contribution in [2.75, 3.05) is 33.1 Å². The predicted molar refractivity (Wildman–Crippen MR) is 187 cm³/mol. The number of amidine groups is 1. The van der Waals surface area contributed by atoms with Crippen LogP contribution in [-0.4, -0.2) is 38.0 Å². The number of alkyl halides is 6. The Kier molecular flexibility index (Phi) is 21.2. The summed E-state index contributed by atoms with van der Waals surface area (Å²) < 4.78 is 75.9. The van der Waals surface area contributed by atoms with Crippen LogP contribution in [0.25, 0.3) is 0 Å². The molecule has 6 nitrogen and oxygen atoms in total. The van der Waals surface area contributed by atoms with E-state index in [1.165, 1.54) is 109 Å². The van der Waals surface area contributed by atoms with Crippen LogP contribution in [0.4, 0.5) is 37.7 Å². The number of hydrogen-bond acceptors (Lipinski definition) is 4. The summed E-state index contributed by atoms with van der Waals surface area (Å²) in [5, 5.41) is 19.5. The molecule has 2 aromatic carbocycles. The number of nitrogens with zero attached hydrogens (tertiary/aromatic N) is 5. The van der Waals surface area contributed by atoms with E-state index in [1.54, 1.807) is 6.07 Å². The molecule has 0 saturated carbocycles. The molecule has 0 aromatic heterocycles. The van der Waals surface area contributed by atoms with Crippen molar-refractivity contribution < 1.29 is 30.8 Å². The molecule has 2 rings (SSSR count). The largest absolute Gasteiger partial charge is 0.416 e. The Morgan fingerprint density at radius 1 is 0.633 bits per heavy atom. The summed E-state index contributed by atoms with van der Waals surface area (Å²) in [6, 6.07) is 9.17. The minimum Gasteiger partial charge on any atom is -0.331 e. The lowest BCUT2D eigenvalue weighted by atomic mass is 10.0. The molecule has 0 heterocycles. The van der Waals surface area contributed by atoms with E-state index < -0.39 is 29.3 Å². The first kappa shape index (κ1) is 43.6. The van der Waals surface area contributed by atoms with E-state index >= 15 is 0 Å². The molecule has 0 aliphatic carbocycles. The minimum atomic E-state index is -4.49. The SMILES string of the molecule is CCCCCCCCCCCCCCCCCC[N+](C)(C)C.N#C/C(N=Nc1ccc(C(F)(F)F)cc1)=N\Nc1ccc(C(F)(F)F)cc1. The number of azo groups is 1. The zero-order chi connectivity index (χ0) is 36.6. The van der Waals surface area contributed by atoms with E-state index in [4.69, 9.17) is 5.26 Å². The maximum Gasteiger partial charge on any atom is 0.416 e. The maximum absolute atomic E-state index is 12.5. The quantitative estimate of drug-likeness (QED) is 0.0284. The third kappa shape index (κ3) is 22.7. The normalized spacial score (nSPS) is 12.5. The van der Waals surface area contributed by atoms with Crippen molar-refractivity contribution >= 4 is 17.2 Å². The van der Waals surface area contributed by atoms with Crippen molar-refractivity contribution in [1.29, 1.82) is 5.26 Å². The summed E-state index contributed by atoms with van der Waals surface area (Å²) in [4.78, 5) is 0. The smallest absolute Gasteiger partial charge is 0.331 e. The molecule has 274 valence electrons. The van der Waals surface area contributed by atoms with Crippen LogP contribution >= 0.6 is 0 Å².